The molecule has 1 aromatic heterocycles. The summed E-state index contributed by atoms with van der Waals surface area (Å²) < 4.78 is 6.44. The van der Waals surface area contributed by atoms with Gasteiger partial charge in [0.2, 0.25) is 5.91 Å². The molecule has 1 rings (SSSR count). The summed E-state index contributed by atoms with van der Waals surface area (Å²) in [5, 5.41) is 0. The molecule has 1 aromatic rings. The second kappa shape index (κ2) is 7.44. The maximum absolute atomic E-state index is 12.7. The van der Waals surface area contributed by atoms with Crippen molar-refractivity contribution < 1.29 is 19.1 Å². The summed E-state index contributed by atoms with van der Waals surface area (Å²) >= 11 is 0. The minimum atomic E-state index is -0.474. The maximum atomic E-state index is 12.7. The van der Waals surface area contributed by atoms with Crippen molar-refractivity contribution in [2.75, 3.05) is 20.2 Å². The van der Waals surface area contributed by atoms with Crippen LogP contribution >= 0.6 is 0 Å². The molecule has 0 fully saturated rings. The quantitative estimate of drug-likeness (QED) is 0.594. The number of aromatic nitrogens is 1. The van der Waals surface area contributed by atoms with Crippen LogP contribution < -0.4 is 0 Å². The number of ether oxygens (including phenoxy) is 1. The normalized spacial score (nSPS) is 10.8. The summed E-state index contributed by atoms with van der Waals surface area (Å²) in [4.78, 5) is 37.9. The lowest BCUT2D eigenvalue weighted by Gasteiger charge is -2.22. The zero-order chi connectivity index (χ0) is 17.9. The summed E-state index contributed by atoms with van der Waals surface area (Å²) in [5.41, 5.74) is 2.14. The molecule has 0 N–H and O–H groups in total. The van der Waals surface area contributed by atoms with E-state index in [1.807, 2.05) is 13.8 Å². The number of carbonyl (C=O) groups excluding carboxylic acids is 3. The van der Waals surface area contributed by atoms with E-state index in [1.54, 1.807) is 25.5 Å². The molecule has 0 aliphatic carbocycles. The molecule has 6 heteroatoms. The number of esters is 1. The smallest absolute Gasteiger partial charge is 0.354 e. The Hall–Kier alpha value is -2.11. The number of methoxy groups -OCH3 is 1. The number of hydrogen-bond acceptors (Lipinski definition) is 4. The third kappa shape index (κ3) is 4.00. The van der Waals surface area contributed by atoms with E-state index in [9.17, 15) is 14.4 Å². The van der Waals surface area contributed by atoms with Crippen LogP contribution in [0.25, 0.3) is 0 Å². The highest BCUT2D eigenvalue weighted by atomic mass is 16.5. The molecule has 0 radical (unpaired) electrons. The number of nitrogens with zero attached hydrogens (tertiary/aromatic N) is 2. The number of amides is 1. The molecule has 128 valence electrons. The van der Waals surface area contributed by atoms with Gasteiger partial charge in [0.15, 0.2) is 5.78 Å². The lowest BCUT2D eigenvalue weighted by molar-refractivity contribution is -0.128. The first-order valence-corrected chi connectivity index (χ1v) is 7.64. The zero-order valence-corrected chi connectivity index (χ0v) is 15.0. The van der Waals surface area contributed by atoms with Crippen LogP contribution in [0.4, 0.5) is 0 Å². The first-order chi connectivity index (χ1) is 10.6. The highest BCUT2D eigenvalue weighted by Gasteiger charge is 2.26. The van der Waals surface area contributed by atoms with E-state index in [0.717, 1.165) is 0 Å². The van der Waals surface area contributed by atoms with Gasteiger partial charge in [0, 0.05) is 31.8 Å². The Bertz CT molecular complexity index is 629. The summed E-state index contributed by atoms with van der Waals surface area (Å²) in [7, 11) is 3.04. The number of hydrogen-bond donors (Lipinski definition) is 0. The Kier molecular flexibility index (Phi) is 6.12. The Morgan fingerprint density at radius 3 is 2.22 bits per heavy atom. The summed E-state index contributed by atoms with van der Waals surface area (Å²) in [6, 6.07) is 0. The molecule has 0 atom stereocenters. The first-order valence-electron chi connectivity index (χ1n) is 7.64. The van der Waals surface area contributed by atoms with Gasteiger partial charge in [0.25, 0.3) is 0 Å². The van der Waals surface area contributed by atoms with Gasteiger partial charge in [-0.2, -0.15) is 0 Å². The molecular weight excluding hydrogens is 296 g/mol. The van der Waals surface area contributed by atoms with Crippen LogP contribution in [0.5, 0.6) is 0 Å². The van der Waals surface area contributed by atoms with Crippen molar-refractivity contribution in [3.8, 4) is 0 Å². The van der Waals surface area contributed by atoms with Gasteiger partial charge >= 0.3 is 5.97 Å². The highest BCUT2D eigenvalue weighted by Crippen LogP contribution is 2.22. The summed E-state index contributed by atoms with van der Waals surface area (Å²) in [6.45, 7) is 9.50. The SMILES string of the molecule is COC(=O)c1c(C)c(C(=O)CN(CC(C)C)C(C)=O)c(C)n1C. The van der Waals surface area contributed by atoms with Crippen LogP contribution in [-0.4, -0.2) is 47.3 Å². The Balaban J connectivity index is 3.18. The molecular formula is C17H26N2O4. The third-order valence-corrected chi connectivity index (χ3v) is 3.95. The number of Topliss-reactive ketones (excluding diaryl/α,β-unsaturated/α-hetero) is 1. The van der Waals surface area contributed by atoms with Crippen LogP contribution in [-0.2, 0) is 16.6 Å². The fourth-order valence-corrected chi connectivity index (χ4v) is 2.77. The third-order valence-electron chi connectivity index (χ3n) is 3.95. The molecule has 0 aliphatic heterocycles. The van der Waals surface area contributed by atoms with Crippen LogP contribution in [0.2, 0.25) is 0 Å². The van der Waals surface area contributed by atoms with Crippen LogP contribution in [0, 0.1) is 19.8 Å². The van der Waals surface area contributed by atoms with E-state index < -0.39 is 5.97 Å². The van der Waals surface area contributed by atoms with E-state index in [-0.39, 0.29) is 24.2 Å². The van der Waals surface area contributed by atoms with Gasteiger partial charge in [-0.3, -0.25) is 9.59 Å². The lowest BCUT2D eigenvalue weighted by atomic mass is 10.0. The van der Waals surface area contributed by atoms with E-state index in [4.69, 9.17) is 4.74 Å². The molecule has 0 bridgehead atoms. The molecule has 0 saturated heterocycles. The number of carbonyl (C=O) groups is 3. The molecule has 1 heterocycles. The number of rotatable bonds is 6. The van der Waals surface area contributed by atoms with Crippen molar-refractivity contribution in [2.24, 2.45) is 13.0 Å². The van der Waals surface area contributed by atoms with Crippen molar-refractivity contribution in [2.45, 2.75) is 34.6 Å². The zero-order valence-electron chi connectivity index (χ0n) is 15.0. The predicted octanol–water partition coefficient (Wildman–Crippen LogP) is 2.12. The average Bonchev–Trinajstić information content (AvgIpc) is 2.67. The Morgan fingerprint density at radius 1 is 1.22 bits per heavy atom. The van der Waals surface area contributed by atoms with E-state index in [2.05, 4.69) is 0 Å². The highest BCUT2D eigenvalue weighted by molar-refractivity contribution is 6.04. The monoisotopic (exact) mass is 322 g/mol. The van der Waals surface area contributed by atoms with Crippen LogP contribution in [0.3, 0.4) is 0 Å². The van der Waals surface area contributed by atoms with Crippen molar-refractivity contribution in [1.82, 2.24) is 9.47 Å². The van der Waals surface area contributed by atoms with Crippen LogP contribution in [0.1, 0.15) is 52.9 Å². The van der Waals surface area contributed by atoms with Crippen molar-refractivity contribution in [3.63, 3.8) is 0 Å². The second-order valence-corrected chi connectivity index (χ2v) is 6.20. The van der Waals surface area contributed by atoms with Crippen molar-refractivity contribution in [3.05, 3.63) is 22.5 Å². The molecule has 6 nitrogen and oxygen atoms in total. The second-order valence-electron chi connectivity index (χ2n) is 6.20. The maximum Gasteiger partial charge on any atom is 0.354 e. The van der Waals surface area contributed by atoms with Gasteiger partial charge in [0.05, 0.1) is 13.7 Å². The molecule has 0 aromatic carbocycles. The molecule has 1 amide bonds. The average molecular weight is 322 g/mol. The first kappa shape index (κ1) is 18.9. The molecule has 0 spiro atoms. The topological polar surface area (TPSA) is 68.6 Å². The van der Waals surface area contributed by atoms with E-state index >= 15 is 0 Å². The van der Waals surface area contributed by atoms with Gasteiger partial charge in [-0.05, 0) is 25.3 Å². The minimum Gasteiger partial charge on any atom is -0.464 e. The van der Waals surface area contributed by atoms with E-state index in [0.29, 0.717) is 29.1 Å². The summed E-state index contributed by atoms with van der Waals surface area (Å²) in [6.07, 6.45) is 0. The molecule has 0 saturated carbocycles. The fraction of sp³-hybridized carbons (Fsp3) is 0.588. The van der Waals surface area contributed by atoms with Gasteiger partial charge in [-0.1, -0.05) is 13.8 Å². The largest absolute Gasteiger partial charge is 0.464 e. The predicted molar refractivity (Wildman–Crippen MR) is 87.6 cm³/mol. The Morgan fingerprint density at radius 2 is 1.78 bits per heavy atom. The number of ketones is 1. The van der Waals surface area contributed by atoms with Gasteiger partial charge in [-0.15, -0.1) is 0 Å². The van der Waals surface area contributed by atoms with Gasteiger partial charge < -0.3 is 14.2 Å². The van der Waals surface area contributed by atoms with Gasteiger partial charge in [-0.25, -0.2) is 4.79 Å². The summed E-state index contributed by atoms with van der Waals surface area (Å²) in [5.74, 6) is -0.499. The van der Waals surface area contributed by atoms with Crippen LogP contribution in [0.15, 0.2) is 0 Å². The van der Waals surface area contributed by atoms with Crippen molar-refractivity contribution in [1.29, 1.82) is 0 Å². The standard InChI is InChI=1S/C17H26N2O4/c1-10(2)8-19(13(5)20)9-14(21)15-11(3)16(17(22)23-7)18(6)12(15)4/h10H,8-9H2,1-7H3. The molecule has 23 heavy (non-hydrogen) atoms. The lowest BCUT2D eigenvalue weighted by Crippen LogP contribution is -2.37. The van der Waals surface area contributed by atoms with Gasteiger partial charge in [0.1, 0.15) is 5.69 Å². The molecule has 0 unspecified atom stereocenters. The van der Waals surface area contributed by atoms with E-state index in [1.165, 1.54) is 18.9 Å². The fourth-order valence-electron chi connectivity index (χ4n) is 2.77. The Labute approximate surface area is 137 Å². The molecule has 0 aliphatic rings. The van der Waals surface area contributed by atoms with Crippen molar-refractivity contribution >= 4 is 17.7 Å². The minimum absolute atomic E-state index is 0.0137.